The van der Waals surface area contributed by atoms with Gasteiger partial charge in [-0.3, -0.25) is 9.59 Å². The Morgan fingerprint density at radius 1 is 1.26 bits per heavy atom. The number of aryl methyl sites for hydroxylation is 2. The van der Waals surface area contributed by atoms with E-state index >= 15 is 0 Å². The maximum Gasteiger partial charge on any atom is 0.308 e. The molecule has 0 bridgehead atoms. The number of carbonyl (C=O) groups is 2. The van der Waals surface area contributed by atoms with Crippen LogP contribution < -0.4 is 0 Å². The molecule has 1 saturated heterocycles. The summed E-state index contributed by atoms with van der Waals surface area (Å²) in [7, 11) is 0. The van der Waals surface area contributed by atoms with E-state index in [0.29, 0.717) is 13.1 Å². The molecule has 0 saturated carbocycles. The maximum absolute atomic E-state index is 12.5. The predicted octanol–water partition coefficient (Wildman–Crippen LogP) is 2.77. The highest BCUT2D eigenvalue weighted by atomic mass is 16.4. The Morgan fingerprint density at radius 3 is 2.61 bits per heavy atom. The smallest absolute Gasteiger partial charge is 0.308 e. The SMILES string of the molecule is Cc1cc2occ(CC(=O)N3C[C@@H](C)[C@H](C(=O)O)C3)c2cc1C. The molecule has 2 aromatic rings. The Morgan fingerprint density at radius 2 is 1.96 bits per heavy atom. The van der Waals surface area contributed by atoms with Crippen LogP contribution in [0.5, 0.6) is 0 Å². The number of nitrogens with zero attached hydrogens (tertiary/aromatic N) is 1. The van der Waals surface area contributed by atoms with Crippen molar-refractivity contribution >= 4 is 22.8 Å². The molecule has 2 heterocycles. The molecule has 5 heteroatoms. The van der Waals surface area contributed by atoms with E-state index in [1.54, 1.807) is 11.2 Å². The van der Waals surface area contributed by atoms with Gasteiger partial charge in [-0.15, -0.1) is 0 Å². The summed E-state index contributed by atoms with van der Waals surface area (Å²) in [6, 6.07) is 4.03. The molecule has 1 N–H and O–H groups in total. The Kier molecular flexibility index (Phi) is 3.88. The Balaban J connectivity index is 1.79. The fourth-order valence-electron chi connectivity index (χ4n) is 3.24. The summed E-state index contributed by atoms with van der Waals surface area (Å²) in [5.74, 6) is -1.35. The Labute approximate surface area is 134 Å². The summed E-state index contributed by atoms with van der Waals surface area (Å²) < 4.78 is 5.56. The molecule has 1 amide bonds. The monoisotopic (exact) mass is 315 g/mol. The third kappa shape index (κ3) is 2.83. The zero-order chi connectivity index (χ0) is 16.7. The molecular formula is C18H21NO4. The van der Waals surface area contributed by atoms with E-state index in [1.165, 1.54) is 0 Å². The van der Waals surface area contributed by atoms with Crippen LogP contribution in [0.25, 0.3) is 11.0 Å². The zero-order valence-corrected chi connectivity index (χ0v) is 13.6. The maximum atomic E-state index is 12.5. The first kappa shape index (κ1) is 15.6. The molecule has 0 spiro atoms. The molecule has 122 valence electrons. The minimum absolute atomic E-state index is 0.0116. The molecule has 0 unspecified atom stereocenters. The van der Waals surface area contributed by atoms with E-state index in [4.69, 9.17) is 4.42 Å². The molecule has 1 aromatic carbocycles. The highest BCUT2D eigenvalue weighted by Gasteiger charge is 2.36. The highest BCUT2D eigenvalue weighted by Crippen LogP contribution is 2.27. The molecule has 1 fully saturated rings. The van der Waals surface area contributed by atoms with Gasteiger partial charge < -0.3 is 14.4 Å². The zero-order valence-electron chi connectivity index (χ0n) is 13.6. The number of hydrogen-bond acceptors (Lipinski definition) is 3. The number of amides is 1. The lowest BCUT2D eigenvalue weighted by atomic mass is 9.99. The first-order valence-electron chi connectivity index (χ1n) is 7.84. The van der Waals surface area contributed by atoms with Crippen molar-refractivity contribution in [2.45, 2.75) is 27.2 Å². The minimum Gasteiger partial charge on any atom is -0.481 e. The highest BCUT2D eigenvalue weighted by molar-refractivity contribution is 5.89. The summed E-state index contributed by atoms with van der Waals surface area (Å²) >= 11 is 0. The average Bonchev–Trinajstić information content (AvgIpc) is 3.04. The van der Waals surface area contributed by atoms with E-state index in [-0.39, 0.29) is 18.2 Å². The standard InChI is InChI=1S/C18H21NO4/c1-10-4-14-13(9-23-16(14)5-11(10)2)6-17(20)19-7-12(3)15(8-19)18(21)22/h4-5,9,12,15H,6-8H2,1-3H3,(H,21,22)/t12-,15-/m1/s1. The largest absolute Gasteiger partial charge is 0.481 e. The number of likely N-dealkylation sites (tertiary alicyclic amines) is 1. The summed E-state index contributed by atoms with van der Waals surface area (Å²) in [6.07, 6.45) is 1.88. The number of rotatable bonds is 3. The van der Waals surface area contributed by atoms with Crippen molar-refractivity contribution in [2.75, 3.05) is 13.1 Å². The van der Waals surface area contributed by atoms with Gasteiger partial charge in [-0.25, -0.2) is 0 Å². The number of aliphatic carboxylic acids is 1. The van der Waals surface area contributed by atoms with E-state index in [1.807, 2.05) is 32.9 Å². The number of furan rings is 1. The van der Waals surface area contributed by atoms with Crippen LogP contribution in [-0.4, -0.2) is 35.0 Å². The van der Waals surface area contributed by atoms with Crippen molar-refractivity contribution < 1.29 is 19.1 Å². The molecule has 23 heavy (non-hydrogen) atoms. The minimum atomic E-state index is -0.826. The van der Waals surface area contributed by atoms with Gasteiger partial charge in [-0.2, -0.15) is 0 Å². The van der Waals surface area contributed by atoms with Crippen LogP contribution in [0.4, 0.5) is 0 Å². The van der Waals surface area contributed by atoms with Gasteiger partial charge in [-0.1, -0.05) is 6.92 Å². The first-order valence-corrected chi connectivity index (χ1v) is 7.84. The Bertz CT molecular complexity index is 777. The first-order chi connectivity index (χ1) is 10.9. The van der Waals surface area contributed by atoms with E-state index in [2.05, 4.69) is 0 Å². The molecule has 1 aliphatic rings. The second kappa shape index (κ2) is 5.72. The third-order valence-electron chi connectivity index (χ3n) is 4.89. The number of carboxylic acids is 1. The third-order valence-corrected chi connectivity index (χ3v) is 4.89. The molecular weight excluding hydrogens is 294 g/mol. The van der Waals surface area contributed by atoms with Crippen LogP contribution in [0.2, 0.25) is 0 Å². The van der Waals surface area contributed by atoms with E-state index < -0.39 is 11.9 Å². The van der Waals surface area contributed by atoms with Crippen LogP contribution in [0.3, 0.4) is 0 Å². The fraction of sp³-hybridized carbons (Fsp3) is 0.444. The molecule has 2 atom stereocenters. The normalized spacial score (nSPS) is 21.1. The molecule has 0 aliphatic carbocycles. The number of hydrogen-bond donors (Lipinski definition) is 1. The fourth-order valence-corrected chi connectivity index (χ4v) is 3.24. The second-order valence-corrected chi connectivity index (χ2v) is 6.59. The molecule has 1 aliphatic heterocycles. The molecule has 0 radical (unpaired) electrons. The van der Waals surface area contributed by atoms with Gasteiger partial charge in [0.15, 0.2) is 0 Å². The lowest BCUT2D eigenvalue weighted by Gasteiger charge is -2.15. The number of fused-ring (bicyclic) bond motifs is 1. The van der Waals surface area contributed by atoms with Crippen LogP contribution in [0, 0.1) is 25.7 Å². The van der Waals surface area contributed by atoms with Crippen LogP contribution in [0.15, 0.2) is 22.8 Å². The Hall–Kier alpha value is -2.30. The van der Waals surface area contributed by atoms with Crippen LogP contribution in [0.1, 0.15) is 23.6 Å². The van der Waals surface area contributed by atoms with Gasteiger partial charge in [0.25, 0.3) is 0 Å². The second-order valence-electron chi connectivity index (χ2n) is 6.59. The van der Waals surface area contributed by atoms with Gasteiger partial charge >= 0.3 is 5.97 Å². The number of carboxylic acid groups (broad SMARTS) is 1. The van der Waals surface area contributed by atoms with Gasteiger partial charge in [-0.05, 0) is 43.0 Å². The summed E-state index contributed by atoms with van der Waals surface area (Å²) in [4.78, 5) is 25.4. The van der Waals surface area contributed by atoms with Gasteiger partial charge in [0.05, 0.1) is 18.6 Å². The van der Waals surface area contributed by atoms with Crippen LogP contribution >= 0.6 is 0 Å². The topological polar surface area (TPSA) is 70.8 Å². The van der Waals surface area contributed by atoms with Gasteiger partial charge in [0, 0.05) is 24.0 Å². The van der Waals surface area contributed by atoms with Crippen molar-refractivity contribution in [3.8, 4) is 0 Å². The average molecular weight is 315 g/mol. The molecule has 5 nitrogen and oxygen atoms in total. The summed E-state index contributed by atoms with van der Waals surface area (Å²) in [5, 5.41) is 10.1. The van der Waals surface area contributed by atoms with E-state index in [0.717, 1.165) is 27.7 Å². The predicted molar refractivity (Wildman–Crippen MR) is 86.3 cm³/mol. The van der Waals surface area contributed by atoms with Crippen molar-refractivity contribution in [1.82, 2.24) is 4.90 Å². The summed E-state index contributed by atoms with van der Waals surface area (Å²) in [5.41, 5.74) is 3.96. The van der Waals surface area contributed by atoms with Crippen molar-refractivity contribution in [2.24, 2.45) is 11.8 Å². The summed E-state index contributed by atoms with van der Waals surface area (Å²) in [6.45, 7) is 6.74. The van der Waals surface area contributed by atoms with Crippen molar-refractivity contribution in [1.29, 1.82) is 0 Å². The molecule has 1 aromatic heterocycles. The van der Waals surface area contributed by atoms with Gasteiger partial charge in [0.1, 0.15) is 5.58 Å². The molecule has 3 rings (SSSR count). The number of benzene rings is 1. The van der Waals surface area contributed by atoms with Crippen LogP contribution in [-0.2, 0) is 16.0 Å². The van der Waals surface area contributed by atoms with Crippen molar-refractivity contribution in [3.63, 3.8) is 0 Å². The lowest BCUT2D eigenvalue weighted by molar-refractivity contribution is -0.142. The lowest BCUT2D eigenvalue weighted by Crippen LogP contribution is -2.31. The van der Waals surface area contributed by atoms with Gasteiger partial charge in [0.2, 0.25) is 5.91 Å². The van der Waals surface area contributed by atoms with E-state index in [9.17, 15) is 14.7 Å². The van der Waals surface area contributed by atoms with Crippen molar-refractivity contribution in [3.05, 3.63) is 35.1 Å². The quantitative estimate of drug-likeness (QED) is 0.945. The number of carbonyl (C=O) groups excluding carboxylic acids is 1.